The van der Waals surface area contributed by atoms with Gasteiger partial charge in [0.25, 0.3) is 5.91 Å². The van der Waals surface area contributed by atoms with Crippen LogP contribution in [0.5, 0.6) is 11.5 Å². The molecular formula is C15H19N3O3. The number of amides is 1. The Kier molecular flexibility index (Phi) is 4.47. The molecule has 112 valence electrons. The van der Waals surface area contributed by atoms with Gasteiger partial charge in [0, 0.05) is 25.0 Å². The van der Waals surface area contributed by atoms with E-state index in [1.807, 2.05) is 13.8 Å². The summed E-state index contributed by atoms with van der Waals surface area (Å²) in [6.07, 6.45) is 1.60. The Morgan fingerprint density at radius 1 is 1.29 bits per heavy atom. The predicted molar refractivity (Wildman–Crippen MR) is 79.9 cm³/mol. The lowest BCUT2D eigenvalue weighted by Crippen LogP contribution is -2.16. The minimum Gasteiger partial charge on any atom is -0.493 e. The van der Waals surface area contributed by atoms with E-state index < -0.39 is 0 Å². The van der Waals surface area contributed by atoms with Gasteiger partial charge in [0.15, 0.2) is 11.5 Å². The van der Waals surface area contributed by atoms with Crippen molar-refractivity contribution in [2.24, 2.45) is 7.05 Å². The first kappa shape index (κ1) is 14.9. The molecule has 6 nitrogen and oxygen atoms in total. The summed E-state index contributed by atoms with van der Waals surface area (Å²) in [5.41, 5.74) is 1.12. The smallest absolute Gasteiger partial charge is 0.273 e. The molecule has 1 amide bonds. The van der Waals surface area contributed by atoms with Gasteiger partial charge < -0.3 is 14.8 Å². The average molecular weight is 289 g/mol. The zero-order valence-electron chi connectivity index (χ0n) is 12.6. The van der Waals surface area contributed by atoms with Gasteiger partial charge in [-0.05, 0) is 32.0 Å². The third-order valence-electron chi connectivity index (χ3n) is 2.84. The van der Waals surface area contributed by atoms with E-state index in [1.54, 1.807) is 44.6 Å². The van der Waals surface area contributed by atoms with Crippen molar-refractivity contribution in [3.63, 3.8) is 0 Å². The van der Waals surface area contributed by atoms with Crippen LogP contribution in [-0.2, 0) is 7.05 Å². The first-order valence-electron chi connectivity index (χ1n) is 6.65. The number of nitrogens with one attached hydrogen (secondary N) is 1. The highest BCUT2D eigenvalue weighted by molar-refractivity contribution is 6.03. The van der Waals surface area contributed by atoms with E-state index in [0.29, 0.717) is 22.9 Å². The molecule has 0 saturated heterocycles. The Balaban J connectivity index is 2.20. The molecule has 0 unspecified atom stereocenters. The van der Waals surface area contributed by atoms with E-state index in [2.05, 4.69) is 10.4 Å². The number of hydrogen-bond donors (Lipinski definition) is 1. The number of hydrogen-bond acceptors (Lipinski definition) is 4. The summed E-state index contributed by atoms with van der Waals surface area (Å²) < 4.78 is 12.4. The van der Waals surface area contributed by atoms with Crippen LogP contribution in [0.15, 0.2) is 30.5 Å². The quantitative estimate of drug-likeness (QED) is 0.918. The fraction of sp³-hybridized carbons (Fsp3) is 0.333. The zero-order valence-corrected chi connectivity index (χ0v) is 12.6. The topological polar surface area (TPSA) is 65.4 Å². The van der Waals surface area contributed by atoms with Crippen molar-refractivity contribution in [2.75, 3.05) is 12.4 Å². The van der Waals surface area contributed by atoms with E-state index in [4.69, 9.17) is 9.47 Å². The van der Waals surface area contributed by atoms with Crippen LogP contribution in [0.2, 0.25) is 0 Å². The summed E-state index contributed by atoms with van der Waals surface area (Å²) in [6, 6.07) is 6.92. The number of aryl methyl sites for hydroxylation is 1. The molecule has 2 aromatic rings. The van der Waals surface area contributed by atoms with Gasteiger partial charge in [0.2, 0.25) is 0 Å². The summed E-state index contributed by atoms with van der Waals surface area (Å²) in [6.45, 7) is 3.86. The molecule has 0 aliphatic carbocycles. The Labute approximate surface area is 123 Å². The molecule has 1 heterocycles. The van der Waals surface area contributed by atoms with E-state index >= 15 is 0 Å². The van der Waals surface area contributed by atoms with Crippen molar-refractivity contribution >= 4 is 11.6 Å². The van der Waals surface area contributed by atoms with E-state index in [9.17, 15) is 4.79 Å². The molecule has 21 heavy (non-hydrogen) atoms. The van der Waals surface area contributed by atoms with Gasteiger partial charge in [-0.25, -0.2) is 0 Å². The fourth-order valence-electron chi connectivity index (χ4n) is 1.89. The van der Waals surface area contributed by atoms with E-state index in [1.165, 1.54) is 4.68 Å². The molecule has 0 radical (unpaired) electrons. The van der Waals surface area contributed by atoms with Gasteiger partial charge in [-0.2, -0.15) is 5.10 Å². The lowest BCUT2D eigenvalue weighted by molar-refractivity contribution is 0.101. The molecule has 1 aromatic heterocycles. The highest BCUT2D eigenvalue weighted by Gasteiger charge is 2.12. The highest BCUT2D eigenvalue weighted by Crippen LogP contribution is 2.31. The number of ether oxygens (including phenoxy) is 2. The number of benzene rings is 1. The molecule has 0 atom stereocenters. The fourth-order valence-corrected chi connectivity index (χ4v) is 1.89. The SMILES string of the molecule is COc1ccc(NC(=O)c2ccnn2C)cc1OC(C)C. The molecule has 0 aliphatic rings. The standard InChI is InChI=1S/C15H19N3O3/c1-10(2)21-14-9-11(5-6-13(14)20-4)17-15(19)12-7-8-16-18(12)3/h5-10H,1-4H3,(H,17,19). The first-order valence-corrected chi connectivity index (χ1v) is 6.65. The Hall–Kier alpha value is -2.50. The van der Waals surface area contributed by atoms with Crippen molar-refractivity contribution in [3.8, 4) is 11.5 Å². The monoisotopic (exact) mass is 289 g/mol. The van der Waals surface area contributed by atoms with Crippen LogP contribution in [-0.4, -0.2) is 28.9 Å². The minimum absolute atomic E-state index is 0.0157. The zero-order chi connectivity index (χ0) is 15.4. The number of methoxy groups -OCH3 is 1. The second kappa shape index (κ2) is 6.30. The predicted octanol–water partition coefficient (Wildman–Crippen LogP) is 2.47. The van der Waals surface area contributed by atoms with Crippen LogP contribution < -0.4 is 14.8 Å². The van der Waals surface area contributed by atoms with Gasteiger partial charge >= 0.3 is 0 Å². The van der Waals surface area contributed by atoms with Crippen molar-refractivity contribution in [1.82, 2.24) is 9.78 Å². The van der Waals surface area contributed by atoms with Crippen LogP contribution in [0, 0.1) is 0 Å². The Morgan fingerprint density at radius 3 is 2.62 bits per heavy atom. The number of rotatable bonds is 5. The first-order chi connectivity index (χ1) is 10.0. The van der Waals surface area contributed by atoms with Crippen LogP contribution in [0.25, 0.3) is 0 Å². The molecule has 0 fully saturated rings. The maximum absolute atomic E-state index is 12.1. The van der Waals surface area contributed by atoms with Crippen LogP contribution in [0.1, 0.15) is 24.3 Å². The molecule has 6 heteroatoms. The van der Waals surface area contributed by atoms with Gasteiger partial charge in [-0.15, -0.1) is 0 Å². The van der Waals surface area contributed by atoms with Crippen molar-refractivity contribution < 1.29 is 14.3 Å². The molecule has 0 spiro atoms. The normalized spacial score (nSPS) is 10.5. The maximum atomic E-state index is 12.1. The van der Waals surface area contributed by atoms with E-state index in [-0.39, 0.29) is 12.0 Å². The summed E-state index contributed by atoms with van der Waals surface area (Å²) in [4.78, 5) is 12.1. The van der Waals surface area contributed by atoms with E-state index in [0.717, 1.165) is 0 Å². The lowest BCUT2D eigenvalue weighted by Gasteiger charge is -2.15. The Morgan fingerprint density at radius 2 is 2.05 bits per heavy atom. The largest absolute Gasteiger partial charge is 0.493 e. The van der Waals surface area contributed by atoms with Crippen LogP contribution >= 0.6 is 0 Å². The van der Waals surface area contributed by atoms with Gasteiger partial charge in [0.1, 0.15) is 5.69 Å². The number of aromatic nitrogens is 2. The highest BCUT2D eigenvalue weighted by atomic mass is 16.5. The van der Waals surface area contributed by atoms with Gasteiger partial charge in [0.05, 0.1) is 13.2 Å². The summed E-state index contributed by atoms with van der Waals surface area (Å²) in [7, 11) is 3.30. The van der Waals surface area contributed by atoms with Crippen molar-refractivity contribution in [1.29, 1.82) is 0 Å². The molecule has 0 bridgehead atoms. The minimum atomic E-state index is -0.226. The molecule has 0 saturated carbocycles. The number of nitrogens with zero attached hydrogens (tertiary/aromatic N) is 2. The Bertz CT molecular complexity index is 635. The molecular weight excluding hydrogens is 270 g/mol. The molecule has 2 rings (SSSR count). The van der Waals surface area contributed by atoms with Gasteiger partial charge in [-0.1, -0.05) is 0 Å². The maximum Gasteiger partial charge on any atom is 0.273 e. The second-order valence-electron chi connectivity index (χ2n) is 4.83. The number of carbonyl (C=O) groups is 1. The number of carbonyl (C=O) groups excluding carboxylic acids is 1. The van der Waals surface area contributed by atoms with Gasteiger partial charge in [-0.3, -0.25) is 9.48 Å². The second-order valence-corrected chi connectivity index (χ2v) is 4.83. The lowest BCUT2D eigenvalue weighted by atomic mass is 10.2. The van der Waals surface area contributed by atoms with Crippen LogP contribution in [0.3, 0.4) is 0 Å². The average Bonchev–Trinajstić information content (AvgIpc) is 2.85. The summed E-state index contributed by atoms with van der Waals surface area (Å²) >= 11 is 0. The summed E-state index contributed by atoms with van der Waals surface area (Å²) in [5, 5.41) is 6.79. The van der Waals surface area contributed by atoms with Crippen molar-refractivity contribution in [3.05, 3.63) is 36.2 Å². The number of anilines is 1. The third kappa shape index (κ3) is 3.53. The summed E-state index contributed by atoms with van der Waals surface area (Å²) in [5.74, 6) is 0.994. The molecule has 0 aliphatic heterocycles. The molecule has 1 aromatic carbocycles. The third-order valence-corrected chi connectivity index (χ3v) is 2.84. The van der Waals surface area contributed by atoms with Crippen LogP contribution in [0.4, 0.5) is 5.69 Å². The van der Waals surface area contributed by atoms with Crippen molar-refractivity contribution in [2.45, 2.75) is 20.0 Å². The molecule has 1 N–H and O–H groups in total.